The first-order valence-corrected chi connectivity index (χ1v) is 9.79. The van der Waals surface area contributed by atoms with Gasteiger partial charge in [-0.25, -0.2) is 0 Å². The van der Waals surface area contributed by atoms with Crippen LogP contribution in [0.5, 0.6) is 11.5 Å². The first-order valence-electron chi connectivity index (χ1n) is 9.79. The zero-order valence-electron chi connectivity index (χ0n) is 18.1. The van der Waals surface area contributed by atoms with Crippen LogP contribution in [0, 0.1) is 13.8 Å². The van der Waals surface area contributed by atoms with Crippen molar-refractivity contribution in [1.29, 1.82) is 0 Å². The minimum Gasteiger partial charge on any atom is -0.497 e. The Kier molecular flexibility index (Phi) is 5.33. The van der Waals surface area contributed by atoms with E-state index in [0.717, 1.165) is 22.4 Å². The van der Waals surface area contributed by atoms with Gasteiger partial charge in [-0.2, -0.15) is 4.68 Å². The van der Waals surface area contributed by atoms with Crippen LogP contribution in [-0.4, -0.2) is 40.3 Å². The number of allylic oxidation sites excluding steroid dienone is 1. The van der Waals surface area contributed by atoms with Gasteiger partial charge < -0.3 is 20.1 Å². The van der Waals surface area contributed by atoms with Crippen LogP contribution in [0.2, 0.25) is 0 Å². The summed E-state index contributed by atoms with van der Waals surface area (Å²) in [5.41, 5.74) is 4.75. The zero-order valence-corrected chi connectivity index (χ0v) is 18.1. The molecule has 9 nitrogen and oxygen atoms in total. The average molecular weight is 420 g/mol. The third-order valence-electron chi connectivity index (χ3n) is 5.32. The summed E-state index contributed by atoms with van der Waals surface area (Å²) in [5.74, 6) is 1.41. The molecule has 9 heteroatoms. The second kappa shape index (κ2) is 8.10. The van der Waals surface area contributed by atoms with E-state index in [4.69, 9.17) is 9.47 Å². The Morgan fingerprint density at radius 2 is 1.90 bits per heavy atom. The Morgan fingerprint density at radius 3 is 2.61 bits per heavy atom. The topological polar surface area (TPSA) is 103 Å². The number of nitrogens with one attached hydrogen (secondary N) is 2. The summed E-state index contributed by atoms with van der Waals surface area (Å²) >= 11 is 0. The molecular formula is C22H24N6O3. The number of carbonyl (C=O) groups is 1. The molecule has 1 aliphatic rings. The van der Waals surface area contributed by atoms with Gasteiger partial charge in [-0.15, -0.1) is 0 Å². The Labute approximate surface area is 180 Å². The molecule has 0 unspecified atom stereocenters. The number of methoxy groups -OCH3 is 2. The van der Waals surface area contributed by atoms with Gasteiger partial charge in [-0.05, 0) is 55.0 Å². The lowest BCUT2D eigenvalue weighted by Gasteiger charge is -2.29. The molecule has 2 aromatic carbocycles. The standard InChI is InChI=1S/C22H24N6O3/c1-12-6-9-17(13(2)10-12)24-21(29)19-14(3)23-22-25-26-27-28(22)20(19)16-8-7-15(30-4)11-18(16)31-5/h6-11,20H,1-5H3,(H,24,29)(H,23,25,27)/t20-/m0/s1. The maximum atomic E-state index is 13.5. The number of benzene rings is 2. The first-order chi connectivity index (χ1) is 14.9. The van der Waals surface area contributed by atoms with Gasteiger partial charge in [0, 0.05) is 23.0 Å². The lowest BCUT2D eigenvalue weighted by molar-refractivity contribution is -0.113. The molecule has 160 valence electrons. The molecule has 2 heterocycles. The van der Waals surface area contributed by atoms with Crippen molar-refractivity contribution in [3.63, 3.8) is 0 Å². The summed E-state index contributed by atoms with van der Waals surface area (Å²) in [6.45, 7) is 5.81. The highest BCUT2D eigenvalue weighted by Crippen LogP contribution is 2.40. The molecule has 1 atom stereocenters. The number of rotatable bonds is 5. The second-order valence-corrected chi connectivity index (χ2v) is 7.39. The van der Waals surface area contributed by atoms with E-state index in [1.165, 1.54) is 0 Å². The van der Waals surface area contributed by atoms with Crippen molar-refractivity contribution in [1.82, 2.24) is 20.2 Å². The molecule has 1 aliphatic heterocycles. The number of amides is 1. The molecule has 4 rings (SSSR count). The molecule has 1 amide bonds. The van der Waals surface area contributed by atoms with Crippen LogP contribution in [-0.2, 0) is 4.79 Å². The minimum atomic E-state index is -0.585. The molecule has 0 saturated heterocycles. The Hall–Kier alpha value is -3.88. The predicted octanol–water partition coefficient (Wildman–Crippen LogP) is 3.23. The SMILES string of the molecule is COc1ccc([C@H]2C(C(=O)Nc3ccc(C)cc3C)=C(C)Nc3nnnn32)c(OC)c1. The van der Waals surface area contributed by atoms with E-state index in [1.807, 2.05) is 51.1 Å². The summed E-state index contributed by atoms with van der Waals surface area (Å²) in [5, 5.41) is 18.1. The highest BCUT2D eigenvalue weighted by molar-refractivity contribution is 6.06. The van der Waals surface area contributed by atoms with Gasteiger partial charge in [0.1, 0.15) is 17.5 Å². The van der Waals surface area contributed by atoms with E-state index >= 15 is 0 Å². The van der Waals surface area contributed by atoms with E-state index in [0.29, 0.717) is 28.7 Å². The molecule has 0 spiro atoms. The number of carbonyl (C=O) groups excluding carboxylic acids is 1. The lowest BCUT2D eigenvalue weighted by Crippen LogP contribution is -2.32. The van der Waals surface area contributed by atoms with Gasteiger partial charge in [0.05, 0.1) is 19.8 Å². The largest absolute Gasteiger partial charge is 0.497 e. The Balaban J connectivity index is 1.81. The summed E-state index contributed by atoms with van der Waals surface area (Å²) in [7, 11) is 3.16. The summed E-state index contributed by atoms with van der Waals surface area (Å²) < 4.78 is 12.5. The normalized spacial score (nSPS) is 15.2. The van der Waals surface area contributed by atoms with Crippen LogP contribution in [0.25, 0.3) is 0 Å². The van der Waals surface area contributed by atoms with E-state index in [-0.39, 0.29) is 5.91 Å². The van der Waals surface area contributed by atoms with Gasteiger partial charge in [-0.1, -0.05) is 22.8 Å². The summed E-state index contributed by atoms with van der Waals surface area (Å²) in [4.78, 5) is 13.5. The third-order valence-corrected chi connectivity index (χ3v) is 5.32. The highest BCUT2D eigenvalue weighted by Gasteiger charge is 2.36. The fourth-order valence-electron chi connectivity index (χ4n) is 3.78. The van der Waals surface area contributed by atoms with Gasteiger partial charge >= 0.3 is 0 Å². The fourth-order valence-corrected chi connectivity index (χ4v) is 3.78. The van der Waals surface area contributed by atoms with Crippen molar-refractivity contribution >= 4 is 17.5 Å². The molecule has 3 aromatic rings. The maximum Gasteiger partial charge on any atom is 0.255 e. The van der Waals surface area contributed by atoms with Crippen molar-refractivity contribution in [2.45, 2.75) is 26.8 Å². The predicted molar refractivity (Wildman–Crippen MR) is 116 cm³/mol. The van der Waals surface area contributed by atoms with Crippen LogP contribution in [0.4, 0.5) is 11.6 Å². The molecule has 0 radical (unpaired) electrons. The van der Waals surface area contributed by atoms with Gasteiger partial charge in [0.15, 0.2) is 0 Å². The first kappa shape index (κ1) is 20.4. The maximum absolute atomic E-state index is 13.5. The van der Waals surface area contributed by atoms with E-state index in [2.05, 4.69) is 26.2 Å². The zero-order chi connectivity index (χ0) is 22.1. The number of aromatic nitrogens is 4. The summed E-state index contributed by atoms with van der Waals surface area (Å²) in [6, 6.07) is 10.8. The van der Waals surface area contributed by atoms with Crippen LogP contribution >= 0.6 is 0 Å². The van der Waals surface area contributed by atoms with Crippen molar-refractivity contribution in [2.75, 3.05) is 24.9 Å². The number of nitrogens with zero attached hydrogens (tertiary/aromatic N) is 4. The van der Waals surface area contributed by atoms with Crippen molar-refractivity contribution in [3.8, 4) is 11.5 Å². The molecule has 2 N–H and O–H groups in total. The van der Waals surface area contributed by atoms with Gasteiger partial charge in [0.25, 0.3) is 5.91 Å². The lowest BCUT2D eigenvalue weighted by atomic mass is 9.94. The molecule has 0 fully saturated rings. The Morgan fingerprint density at radius 1 is 1.10 bits per heavy atom. The number of fused-ring (bicyclic) bond motifs is 1. The van der Waals surface area contributed by atoms with Crippen molar-refractivity contribution in [3.05, 3.63) is 64.4 Å². The highest BCUT2D eigenvalue weighted by atomic mass is 16.5. The van der Waals surface area contributed by atoms with Gasteiger partial charge in [0.2, 0.25) is 5.95 Å². The van der Waals surface area contributed by atoms with Crippen LogP contribution in [0.1, 0.15) is 29.7 Å². The Bertz CT molecular complexity index is 1180. The molecule has 0 bridgehead atoms. The number of anilines is 2. The van der Waals surface area contributed by atoms with Crippen molar-refractivity contribution < 1.29 is 14.3 Å². The number of hydrogen-bond donors (Lipinski definition) is 2. The summed E-state index contributed by atoms with van der Waals surface area (Å²) in [6.07, 6.45) is 0. The minimum absolute atomic E-state index is 0.249. The second-order valence-electron chi connectivity index (χ2n) is 7.39. The number of hydrogen-bond acceptors (Lipinski definition) is 7. The smallest absolute Gasteiger partial charge is 0.255 e. The molecular weight excluding hydrogens is 396 g/mol. The van der Waals surface area contributed by atoms with Crippen LogP contribution in [0.3, 0.4) is 0 Å². The van der Waals surface area contributed by atoms with Crippen LogP contribution in [0.15, 0.2) is 47.7 Å². The molecule has 0 aliphatic carbocycles. The number of aryl methyl sites for hydroxylation is 2. The van der Waals surface area contributed by atoms with E-state index < -0.39 is 6.04 Å². The monoisotopic (exact) mass is 420 g/mol. The number of tetrazole rings is 1. The van der Waals surface area contributed by atoms with E-state index in [9.17, 15) is 4.79 Å². The fraction of sp³-hybridized carbons (Fsp3) is 0.273. The molecule has 31 heavy (non-hydrogen) atoms. The van der Waals surface area contributed by atoms with Crippen molar-refractivity contribution in [2.24, 2.45) is 0 Å². The third kappa shape index (κ3) is 3.70. The molecule has 1 aromatic heterocycles. The number of ether oxygens (including phenoxy) is 2. The molecule has 0 saturated carbocycles. The quantitative estimate of drug-likeness (QED) is 0.653. The van der Waals surface area contributed by atoms with E-state index in [1.54, 1.807) is 25.0 Å². The van der Waals surface area contributed by atoms with Crippen LogP contribution < -0.4 is 20.1 Å². The average Bonchev–Trinajstić information content (AvgIpc) is 3.22. The van der Waals surface area contributed by atoms with Gasteiger partial charge in [-0.3, -0.25) is 4.79 Å².